The molecule has 0 aromatic heterocycles. The molecule has 0 spiro atoms. The Morgan fingerprint density at radius 3 is 2.39 bits per heavy atom. The molecule has 1 aliphatic heterocycles. The van der Waals surface area contributed by atoms with Gasteiger partial charge in [0.1, 0.15) is 0 Å². The van der Waals surface area contributed by atoms with Crippen LogP contribution in [0.15, 0.2) is 48.5 Å². The van der Waals surface area contributed by atoms with Gasteiger partial charge in [0.15, 0.2) is 16.4 Å². The van der Waals surface area contributed by atoms with E-state index in [1.807, 2.05) is 26.0 Å². The second kappa shape index (κ2) is 8.14. The van der Waals surface area contributed by atoms with E-state index in [-0.39, 0.29) is 11.5 Å². The zero-order valence-corrected chi connectivity index (χ0v) is 16.7. The van der Waals surface area contributed by atoms with Gasteiger partial charge in [0, 0.05) is 5.69 Å². The van der Waals surface area contributed by atoms with Gasteiger partial charge in [-0.25, -0.2) is 13.2 Å². The van der Waals surface area contributed by atoms with Gasteiger partial charge in [-0.15, -0.1) is 0 Å². The van der Waals surface area contributed by atoms with Crippen molar-refractivity contribution in [1.82, 2.24) is 0 Å². The number of benzene rings is 2. The Morgan fingerprint density at radius 2 is 1.79 bits per heavy atom. The number of esters is 1. The fraction of sp³-hybridized carbons (Fsp3) is 0.333. The first-order chi connectivity index (χ1) is 13.3. The van der Waals surface area contributed by atoms with Crippen LogP contribution in [0.5, 0.6) is 0 Å². The molecule has 7 heteroatoms. The highest BCUT2D eigenvalue weighted by Crippen LogP contribution is 2.24. The number of carbonyl (C=O) groups excluding carboxylic acids is 2. The minimum Gasteiger partial charge on any atom is -0.452 e. The third kappa shape index (κ3) is 4.59. The van der Waals surface area contributed by atoms with E-state index in [1.165, 1.54) is 4.90 Å². The van der Waals surface area contributed by atoms with Crippen LogP contribution in [0.4, 0.5) is 5.69 Å². The quantitative estimate of drug-likeness (QED) is 0.720. The van der Waals surface area contributed by atoms with Crippen molar-refractivity contribution in [2.24, 2.45) is 0 Å². The van der Waals surface area contributed by atoms with Gasteiger partial charge in [0.2, 0.25) is 0 Å². The summed E-state index contributed by atoms with van der Waals surface area (Å²) in [6.45, 7) is 3.40. The van der Waals surface area contributed by atoms with Gasteiger partial charge < -0.3 is 9.64 Å². The fourth-order valence-corrected chi connectivity index (χ4v) is 4.97. The van der Waals surface area contributed by atoms with Crippen LogP contribution >= 0.6 is 0 Å². The molecule has 148 valence electrons. The summed E-state index contributed by atoms with van der Waals surface area (Å²) in [5.74, 6) is -1.05. The van der Waals surface area contributed by atoms with Crippen LogP contribution in [0.1, 0.15) is 27.9 Å². The number of para-hydroxylation sites is 1. The molecule has 1 aliphatic rings. The molecule has 0 unspecified atom stereocenters. The smallest absolute Gasteiger partial charge is 0.338 e. The highest BCUT2D eigenvalue weighted by atomic mass is 32.2. The molecule has 1 amide bonds. The predicted octanol–water partition coefficient (Wildman–Crippen LogP) is 2.68. The zero-order chi connectivity index (χ0) is 20.3. The Morgan fingerprint density at radius 1 is 1.07 bits per heavy atom. The van der Waals surface area contributed by atoms with Crippen molar-refractivity contribution < 1.29 is 22.7 Å². The lowest BCUT2D eigenvalue weighted by Crippen LogP contribution is -2.43. The average molecular weight is 401 g/mol. The number of hydrogen-bond donors (Lipinski definition) is 0. The first-order valence-electron chi connectivity index (χ1n) is 9.09. The molecular weight excluding hydrogens is 378 g/mol. The number of nitrogens with zero attached hydrogens (tertiary/aromatic N) is 1. The van der Waals surface area contributed by atoms with Crippen LogP contribution in [-0.2, 0) is 19.4 Å². The number of amides is 1. The van der Waals surface area contributed by atoms with E-state index in [2.05, 4.69) is 0 Å². The van der Waals surface area contributed by atoms with Crippen LogP contribution < -0.4 is 4.90 Å². The summed E-state index contributed by atoms with van der Waals surface area (Å²) in [4.78, 5) is 26.6. The van der Waals surface area contributed by atoms with E-state index in [4.69, 9.17) is 4.74 Å². The van der Waals surface area contributed by atoms with Crippen molar-refractivity contribution >= 4 is 27.4 Å². The average Bonchev–Trinajstić information content (AvgIpc) is 3.02. The number of anilines is 1. The predicted molar refractivity (Wildman–Crippen MR) is 107 cm³/mol. The van der Waals surface area contributed by atoms with E-state index in [0.717, 1.165) is 11.1 Å². The Balaban J connectivity index is 1.74. The largest absolute Gasteiger partial charge is 0.452 e. The molecule has 1 atom stereocenters. The van der Waals surface area contributed by atoms with Crippen molar-refractivity contribution in [3.63, 3.8) is 0 Å². The maximum Gasteiger partial charge on any atom is 0.338 e. The lowest BCUT2D eigenvalue weighted by atomic mass is 10.1. The van der Waals surface area contributed by atoms with Gasteiger partial charge in [-0.2, -0.15) is 0 Å². The van der Waals surface area contributed by atoms with Crippen LogP contribution in [0.2, 0.25) is 0 Å². The first-order valence-corrected chi connectivity index (χ1v) is 10.9. The van der Waals surface area contributed by atoms with E-state index in [1.54, 1.807) is 36.4 Å². The van der Waals surface area contributed by atoms with Crippen molar-refractivity contribution in [3.05, 3.63) is 65.2 Å². The summed E-state index contributed by atoms with van der Waals surface area (Å²) in [6.07, 6.45) is 0.369. The van der Waals surface area contributed by atoms with E-state index < -0.39 is 34.4 Å². The fourth-order valence-electron chi connectivity index (χ4n) is 3.27. The van der Waals surface area contributed by atoms with Crippen molar-refractivity contribution in [1.29, 1.82) is 0 Å². The standard InChI is InChI=1S/C21H23NO5S/c1-15-8-9-17(12-16(15)2)21(24)27-13-20(23)22(18-6-4-3-5-7-18)19-10-11-28(25,26)14-19/h3-9,12,19H,10-11,13-14H2,1-2H3/t19-/m1/s1. The Labute approximate surface area is 165 Å². The molecule has 1 fully saturated rings. The van der Waals surface area contributed by atoms with Crippen molar-refractivity contribution in [2.45, 2.75) is 26.3 Å². The van der Waals surface area contributed by atoms with E-state index >= 15 is 0 Å². The van der Waals surface area contributed by atoms with Gasteiger partial charge in [-0.1, -0.05) is 24.3 Å². The van der Waals surface area contributed by atoms with Crippen molar-refractivity contribution in [2.75, 3.05) is 23.0 Å². The summed E-state index contributed by atoms with van der Waals surface area (Å²) in [7, 11) is -3.17. The van der Waals surface area contributed by atoms with Crippen LogP contribution in [0.3, 0.4) is 0 Å². The highest BCUT2D eigenvalue weighted by Gasteiger charge is 2.35. The lowest BCUT2D eigenvalue weighted by Gasteiger charge is -2.28. The molecule has 0 saturated carbocycles. The van der Waals surface area contributed by atoms with Crippen molar-refractivity contribution in [3.8, 4) is 0 Å². The summed E-state index contributed by atoms with van der Waals surface area (Å²) in [6, 6.07) is 13.6. The molecule has 0 bridgehead atoms. The minimum absolute atomic E-state index is 0.0523. The van der Waals surface area contributed by atoms with E-state index in [0.29, 0.717) is 17.7 Å². The maximum absolute atomic E-state index is 12.9. The third-order valence-corrected chi connectivity index (χ3v) is 6.70. The Bertz CT molecular complexity index is 985. The van der Waals surface area contributed by atoms with Gasteiger partial charge >= 0.3 is 5.97 Å². The molecule has 2 aromatic rings. The van der Waals surface area contributed by atoms with E-state index in [9.17, 15) is 18.0 Å². The zero-order valence-electron chi connectivity index (χ0n) is 15.9. The number of sulfone groups is 1. The lowest BCUT2D eigenvalue weighted by molar-refractivity contribution is -0.122. The summed E-state index contributed by atoms with van der Waals surface area (Å²) in [5.41, 5.74) is 3.00. The highest BCUT2D eigenvalue weighted by molar-refractivity contribution is 7.91. The summed E-state index contributed by atoms with van der Waals surface area (Å²) >= 11 is 0. The number of aryl methyl sites for hydroxylation is 2. The second-order valence-electron chi connectivity index (χ2n) is 7.03. The summed E-state index contributed by atoms with van der Waals surface area (Å²) in [5, 5.41) is 0. The second-order valence-corrected chi connectivity index (χ2v) is 9.26. The molecular formula is C21H23NO5S. The normalized spacial score (nSPS) is 17.9. The van der Waals surface area contributed by atoms with Gasteiger partial charge in [-0.05, 0) is 55.7 Å². The molecule has 0 aliphatic carbocycles. The monoisotopic (exact) mass is 401 g/mol. The third-order valence-electron chi connectivity index (χ3n) is 4.95. The minimum atomic E-state index is -3.17. The number of carbonyl (C=O) groups is 2. The molecule has 2 aromatic carbocycles. The maximum atomic E-state index is 12.9. The van der Waals surface area contributed by atoms with Gasteiger partial charge in [0.05, 0.1) is 23.1 Å². The van der Waals surface area contributed by atoms with Crippen LogP contribution in [0.25, 0.3) is 0 Å². The Kier molecular flexibility index (Phi) is 5.84. The molecule has 1 saturated heterocycles. The molecule has 6 nitrogen and oxygen atoms in total. The summed E-state index contributed by atoms with van der Waals surface area (Å²) < 4.78 is 29.0. The first kappa shape index (κ1) is 20.1. The molecule has 1 heterocycles. The van der Waals surface area contributed by atoms with Gasteiger partial charge in [-0.3, -0.25) is 4.79 Å². The molecule has 0 radical (unpaired) electrons. The molecule has 0 N–H and O–H groups in total. The molecule has 28 heavy (non-hydrogen) atoms. The molecule has 3 rings (SSSR count). The topological polar surface area (TPSA) is 80.8 Å². The number of ether oxygens (including phenoxy) is 1. The van der Waals surface area contributed by atoms with Gasteiger partial charge in [0.25, 0.3) is 5.91 Å². The number of rotatable bonds is 5. The number of hydrogen-bond acceptors (Lipinski definition) is 5. The van der Waals surface area contributed by atoms with Crippen LogP contribution in [0, 0.1) is 13.8 Å². The van der Waals surface area contributed by atoms with Crippen LogP contribution in [-0.4, -0.2) is 44.4 Å². The Hall–Kier alpha value is -2.67. The SMILES string of the molecule is Cc1ccc(C(=O)OCC(=O)N(c2ccccc2)[C@@H]2CCS(=O)(=O)C2)cc1C.